The van der Waals surface area contributed by atoms with Crippen molar-refractivity contribution in [3.05, 3.63) is 52.4 Å². The molecule has 1 atom stereocenters. The number of aliphatic imine (C=N–C) groups is 1. The van der Waals surface area contributed by atoms with Crippen LogP contribution in [0.3, 0.4) is 0 Å². The molecule has 1 N–H and O–H groups in total. The van der Waals surface area contributed by atoms with Gasteiger partial charge in [-0.15, -0.1) is 0 Å². The molecule has 0 amide bonds. The van der Waals surface area contributed by atoms with E-state index in [2.05, 4.69) is 65.5 Å². The molecule has 0 aliphatic heterocycles. The molecule has 0 aliphatic carbocycles. The second kappa shape index (κ2) is 7.99. The topological polar surface area (TPSA) is 53.7 Å². The quantitative estimate of drug-likeness (QED) is 0.675. The van der Waals surface area contributed by atoms with Gasteiger partial charge in [0.2, 0.25) is 0 Å². The molecule has 0 radical (unpaired) electrons. The highest BCUT2D eigenvalue weighted by Gasteiger charge is 2.17. The molecule has 0 aliphatic rings. The zero-order valence-electron chi connectivity index (χ0n) is 15.6. The summed E-state index contributed by atoms with van der Waals surface area (Å²) in [6, 6.07) is 8.44. The Kier molecular flexibility index (Phi) is 6.01. The summed E-state index contributed by atoms with van der Waals surface area (Å²) in [5, 5.41) is 7.50. The zero-order valence-corrected chi connectivity index (χ0v) is 15.6. The summed E-state index contributed by atoms with van der Waals surface area (Å²) in [5.41, 5.74) is 4.75. The van der Waals surface area contributed by atoms with Crippen LogP contribution in [0.5, 0.6) is 0 Å². The smallest absolute Gasteiger partial charge is 0.193 e. The molecule has 5 nitrogen and oxygen atoms in total. The normalized spacial score (nSPS) is 13.0. The Bertz CT molecular complexity index is 686. The van der Waals surface area contributed by atoms with Crippen molar-refractivity contribution in [1.29, 1.82) is 0 Å². The SMILES string of the molecule is CN=C(NCC(C)c1c(C)noc1C)N(C)Cc1ccccc1C. The van der Waals surface area contributed by atoms with Crippen LogP contribution in [0.2, 0.25) is 0 Å². The predicted octanol–water partition coefficient (Wildman–Crippen LogP) is 3.41. The standard InChI is InChI=1S/C19H28N4O/c1-13-9-7-8-10-17(13)12-23(6)19(20-5)21-11-14(2)18-15(3)22-24-16(18)4/h7-10,14H,11-12H2,1-6H3,(H,20,21). The van der Waals surface area contributed by atoms with Crippen LogP contribution >= 0.6 is 0 Å². The fraction of sp³-hybridized carbons (Fsp3) is 0.474. The van der Waals surface area contributed by atoms with Crippen LogP contribution in [0.25, 0.3) is 0 Å². The summed E-state index contributed by atoms with van der Waals surface area (Å²) in [4.78, 5) is 6.55. The first-order valence-electron chi connectivity index (χ1n) is 8.33. The Morgan fingerprint density at radius 3 is 2.58 bits per heavy atom. The van der Waals surface area contributed by atoms with Crippen molar-refractivity contribution in [1.82, 2.24) is 15.4 Å². The highest BCUT2D eigenvalue weighted by atomic mass is 16.5. The summed E-state index contributed by atoms with van der Waals surface area (Å²) < 4.78 is 5.27. The van der Waals surface area contributed by atoms with Crippen molar-refractivity contribution in [3.8, 4) is 0 Å². The van der Waals surface area contributed by atoms with Crippen LogP contribution in [-0.4, -0.2) is 36.7 Å². The van der Waals surface area contributed by atoms with Gasteiger partial charge in [-0.1, -0.05) is 36.3 Å². The number of aromatic nitrogens is 1. The van der Waals surface area contributed by atoms with Crippen molar-refractivity contribution in [2.75, 3.05) is 20.6 Å². The van der Waals surface area contributed by atoms with E-state index in [4.69, 9.17) is 4.52 Å². The van der Waals surface area contributed by atoms with Gasteiger partial charge in [0.25, 0.3) is 0 Å². The number of aryl methyl sites for hydroxylation is 3. The molecule has 0 fully saturated rings. The van der Waals surface area contributed by atoms with Gasteiger partial charge in [-0.3, -0.25) is 4.99 Å². The zero-order chi connectivity index (χ0) is 17.7. The molecule has 0 bridgehead atoms. The molecule has 0 saturated carbocycles. The minimum Gasteiger partial charge on any atom is -0.361 e. The van der Waals surface area contributed by atoms with Crippen LogP contribution in [0.1, 0.15) is 41.0 Å². The molecular formula is C19H28N4O. The average molecular weight is 328 g/mol. The second-order valence-electron chi connectivity index (χ2n) is 6.35. The third-order valence-corrected chi connectivity index (χ3v) is 4.39. The van der Waals surface area contributed by atoms with Crippen molar-refractivity contribution in [3.63, 3.8) is 0 Å². The molecular weight excluding hydrogens is 300 g/mol. The molecule has 130 valence electrons. The third-order valence-electron chi connectivity index (χ3n) is 4.39. The van der Waals surface area contributed by atoms with E-state index in [1.807, 2.05) is 20.9 Å². The summed E-state index contributed by atoms with van der Waals surface area (Å²) >= 11 is 0. The molecule has 1 heterocycles. The molecule has 1 aromatic heterocycles. The van der Waals surface area contributed by atoms with Gasteiger partial charge in [-0.2, -0.15) is 0 Å². The Hall–Kier alpha value is -2.30. The summed E-state index contributed by atoms with van der Waals surface area (Å²) in [6.45, 7) is 9.87. The molecule has 0 saturated heterocycles. The maximum absolute atomic E-state index is 5.27. The predicted molar refractivity (Wildman–Crippen MR) is 98.4 cm³/mol. The summed E-state index contributed by atoms with van der Waals surface area (Å²) in [7, 11) is 3.87. The molecule has 1 aromatic carbocycles. The molecule has 0 spiro atoms. The first-order chi connectivity index (χ1) is 11.4. The monoisotopic (exact) mass is 328 g/mol. The highest BCUT2D eigenvalue weighted by Crippen LogP contribution is 2.22. The minimum absolute atomic E-state index is 0.305. The van der Waals surface area contributed by atoms with Crippen molar-refractivity contribution in [2.45, 2.75) is 40.2 Å². The largest absolute Gasteiger partial charge is 0.361 e. The Balaban J connectivity index is 1.98. The van der Waals surface area contributed by atoms with E-state index in [-0.39, 0.29) is 0 Å². The lowest BCUT2D eigenvalue weighted by Gasteiger charge is -2.24. The number of nitrogens with zero attached hydrogens (tertiary/aromatic N) is 3. The van der Waals surface area contributed by atoms with E-state index < -0.39 is 0 Å². The number of rotatable bonds is 5. The molecule has 2 rings (SSSR count). The van der Waals surface area contributed by atoms with Crippen LogP contribution in [-0.2, 0) is 6.54 Å². The van der Waals surface area contributed by atoms with Crippen molar-refractivity contribution < 1.29 is 4.52 Å². The number of hydrogen-bond acceptors (Lipinski definition) is 3. The number of hydrogen-bond donors (Lipinski definition) is 1. The minimum atomic E-state index is 0.305. The molecule has 5 heteroatoms. The lowest BCUT2D eigenvalue weighted by Crippen LogP contribution is -2.40. The summed E-state index contributed by atoms with van der Waals surface area (Å²) in [5.74, 6) is 2.08. The lowest BCUT2D eigenvalue weighted by atomic mass is 10.00. The maximum atomic E-state index is 5.27. The van der Waals surface area contributed by atoms with Crippen LogP contribution in [0.4, 0.5) is 0 Å². The van der Waals surface area contributed by atoms with Gasteiger partial charge in [0.05, 0.1) is 5.69 Å². The van der Waals surface area contributed by atoms with Crippen LogP contribution in [0.15, 0.2) is 33.8 Å². The first-order valence-corrected chi connectivity index (χ1v) is 8.33. The number of benzene rings is 1. The van der Waals surface area contributed by atoms with E-state index in [1.165, 1.54) is 16.7 Å². The van der Waals surface area contributed by atoms with Gasteiger partial charge in [-0.25, -0.2) is 0 Å². The first kappa shape index (κ1) is 18.0. The fourth-order valence-corrected chi connectivity index (χ4v) is 3.04. The average Bonchev–Trinajstić information content (AvgIpc) is 2.89. The van der Waals surface area contributed by atoms with E-state index >= 15 is 0 Å². The second-order valence-corrected chi connectivity index (χ2v) is 6.35. The molecule has 2 aromatic rings. The number of guanidine groups is 1. The highest BCUT2D eigenvalue weighted by molar-refractivity contribution is 5.79. The molecule has 1 unspecified atom stereocenters. The Labute approximate surface area is 144 Å². The van der Waals surface area contributed by atoms with Gasteiger partial charge >= 0.3 is 0 Å². The van der Waals surface area contributed by atoms with Gasteiger partial charge < -0.3 is 14.7 Å². The van der Waals surface area contributed by atoms with Gasteiger partial charge in [0.1, 0.15) is 5.76 Å². The van der Waals surface area contributed by atoms with E-state index in [0.717, 1.165) is 30.5 Å². The summed E-state index contributed by atoms with van der Waals surface area (Å²) in [6.07, 6.45) is 0. The van der Waals surface area contributed by atoms with Crippen molar-refractivity contribution in [2.24, 2.45) is 4.99 Å². The van der Waals surface area contributed by atoms with Crippen LogP contribution in [0, 0.1) is 20.8 Å². The van der Waals surface area contributed by atoms with E-state index in [9.17, 15) is 0 Å². The van der Waals surface area contributed by atoms with Crippen molar-refractivity contribution >= 4 is 5.96 Å². The van der Waals surface area contributed by atoms with Gasteiger partial charge in [-0.05, 0) is 31.9 Å². The van der Waals surface area contributed by atoms with Crippen LogP contribution < -0.4 is 5.32 Å². The third kappa shape index (κ3) is 4.16. The molecule has 24 heavy (non-hydrogen) atoms. The number of nitrogens with one attached hydrogen (secondary N) is 1. The van der Waals surface area contributed by atoms with Gasteiger partial charge in [0.15, 0.2) is 5.96 Å². The lowest BCUT2D eigenvalue weighted by molar-refractivity contribution is 0.391. The fourth-order valence-electron chi connectivity index (χ4n) is 3.04. The maximum Gasteiger partial charge on any atom is 0.193 e. The Morgan fingerprint density at radius 1 is 1.29 bits per heavy atom. The van der Waals surface area contributed by atoms with Gasteiger partial charge in [0, 0.05) is 38.7 Å². The van der Waals surface area contributed by atoms with E-state index in [0.29, 0.717) is 5.92 Å². The van der Waals surface area contributed by atoms with E-state index in [1.54, 1.807) is 0 Å². The Morgan fingerprint density at radius 2 is 2.00 bits per heavy atom.